The van der Waals surface area contributed by atoms with Gasteiger partial charge in [0.1, 0.15) is 5.75 Å². The van der Waals surface area contributed by atoms with E-state index in [1.807, 2.05) is 6.07 Å². The lowest BCUT2D eigenvalue weighted by Gasteiger charge is -2.02. The van der Waals surface area contributed by atoms with Gasteiger partial charge in [0.2, 0.25) is 12.2 Å². The van der Waals surface area contributed by atoms with Crippen LogP contribution in [0, 0.1) is 11.3 Å². The minimum absolute atomic E-state index is 0.228. The van der Waals surface area contributed by atoms with Crippen molar-refractivity contribution in [1.82, 2.24) is 10.1 Å². The summed E-state index contributed by atoms with van der Waals surface area (Å²) in [4.78, 5) is 3.81. The number of rotatable bonds is 3. The van der Waals surface area contributed by atoms with Gasteiger partial charge in [0.15, 0.2) is 6.61 Å². The summed E-state index contributed by atoms with van der Waals surface area (Å²) in [7, 11) is 0. The number of hydrogen-bond donors (Lipinski definition) is 0. The molecule has 0 atom stereocenters. The second kappa shape index (κ2) is 4.24. The third-order valence-electron chi connectivity index (χ3n) is 1.74. The Morgan fingerprint density at radius 1 is 1.47 bits per heavy atom. The first-order valence-corrected chi connectivity index (χ1v) is 4.27. The van der Waals surface area contributed by atoms with Crippen molar-refractivity contribution in [3.63, 3.8) is 0 Å². The molecule has 0 spiro atoms. The topological polar surface area (TPSA) is 71.9 Å². The Kier molecular flexibility index (Phi) is 2.61. The fourth-order valence-electron chi connectivity index (χ4n) is 1.06. The van der Waals surface area contributed by atoms with E-state index >= 15 is 0 Å². The summed E-state index contributed by atoms with van der Waals surface area (Å²) in [5.74, 6) is 1.08. The highest BCUT2D eigenvalue weighted by Gasteiger charge is 2.00. The molecule has 2 rings (SSSR count). The maximum atomic E-state index is 8.67. The van der Waals surface area contributed by atoms with Gasteiger partial charge in [-0.1, -0.05) is 11.2 Å². The molecule has 0 N–H and O–H groups in total. The van der Waals surface area contributed by atoms with E-state index in [1.165, 1.54) is 6.39 Å². The highest BCUT2D eigenvalue weighted by molar-refractivity contribution is 5.36. The van der Waals surface area contributed by atoms with Crippen molar-refractivity contribution in [2.75, 3.05) is 0 Å². The molecule has 1 aromatic carbocycles. The number of nitriles is 1. The van der Waals surface area contributed by atoms with Crippen molar-refractivity contribution in [3.8, 4) is 11.8 Å². The van der Waals surface area contributed by atoms with Crippen molar-refractivity contribution in [3.05, 3.63) is 42.0 Å². The van der Waals surface area contributed by atoms with Crippen molar-refractivity contribution >= 4 is 0 Å². The number of ether oxygens (including phenoxy) is 1. The maximum Gasteiger partial charge on any atom is 0.213 e. The fraction of sp³-hybridized carbons (Fsp3) is 0.100. The van der Waals surface area contributed by atoms with Gasteiger partial charge in [-0.05, 0) is 18.2 Å². The van der Waals surface area contributed by atoms with Crippen LogP contribution in [0.5, 0.6) is 5.75 Å². The zero-order chi connectivity index (χ0) is 10.5. The zero-order valence-corrected chi connectivity index (χ0v) is 7.75. The zero-order valence-electron chi connectivity index (χ0n) is 7.75. The quantitative estimate of drug-likeness (QED) is 0.752. The lowest BCUT2D eigenvalue weighted by Crippen LogP contribution is -1.97. The van der Waals surface area contributed by atoms with Crippen molar-refractivity contribution in [1.29, 1.82) is 5.26 Å². The van der Waals surface area contributed by atoms with Crippen LogP contribution in [-0.4, -0.2) is 10.1 Å². The van der Waals surface area contributed by atoms with Crippen LogP contribution < -0.4 is 4.74 Å². The molecule has 0 amide bonds. The number of aromatic nitrogens is 2. The van der Waals surface area contributed by atoms with Gasteiger partial charge in [-0.25, -0.2) is 0 Å². The molecule has 0 bridgehead atoms. The second-order valence-corrected chi connectivity index (χ2v) is 2.78. The summed E-state index contributed by atoms with van der Waals surface area (Å²) in [6, 6.07) is 8.91. The summed E-state index contributed by atoms with van der Waals surface area (Å²) in [5, 5.41) is 12.3. The smallest absolute Gasteiger partial charge is 0.213 e. The third kappa shape index (κ3) is 2.31. The van der Waals surface area contributed by atoms with Gasteiger partial charge in [0, 0.05) is 0 Å². The van der Waals surface area contributed by atoms with Crippen LogP contribution in [-0.2, 0) is 6.61 Å². The van der Waals surface area contributed by atoms with E-state index in [1.54, 1.807) is 24.3 Å². The van der Waals surface area contributed by atoms with Crippen LogP contribution >= 0.6 is 0 Å². The minimum atomic E-state index is 0.228. The summed E-state index contributed by atoms with van der Waals surface area (Å²) in [6.45, 7) is 0.228. The lowest BCUT2D eigenvalue weighted by atomic mass is 10.2. The van der Waals surface area contributed by atoms with E-state index in [-0.39, 0.29) is 6.61 Å². The molecule has 74 valence electrons. The molecule has 0 aliphatic carbocycles. The molecular formula is C10H7N3O2. The van der Waals surface area contributed by atoms with Crippen LogP contribution in [0.4, 0.5) is 0 Å². The molecule has 0 aliphatic heterocycles. The molecule has 0 fully saturated rings. The molecule has 0 radical (unpaired) electrons. The summed E-state index contributed by atoms with van der Waals surface area (Å²) < 4.78 is 9.91. The van der Waals surface area contributed by atoms with E-state index in [2.05, 4.69) is 14.7 Å². The Hall–Kier alpha value is -2.35. The van der Waals surface area contributed by atoms with Gasteiger partial charge in [-0.2, -0.15) is 10.2 Å². The van der Waals surface area contributed by atoms with E-state index < -0.39 is 0 Å². The molecule has 15 heavy (non-hydrogen) atoms. The second-order valence-electron chi connectivity index (χ2n) is 2.78. The van der Waals surface area contributed by atoms with Gasteiger partial charge >= 0.3 is 0 Å². The van der Waals surface area contributed by atoms with Gasteiger partial charge in [0.25, 0.3) is 0 Å². The average molecular weight is 201 g/mol. The predicted molar refractivity (Wildman–Crippen MR) is 49.8 cm³/mol. The molecule has 1 heterocycles. The summed E-state index contributed by atoms with van der Waals surface area (Å²) >= 11 is 0. The van der Waals surface area contributed by atoms with E-state index in [4.69, 9.17) is 10.00 Å². The normalized spacial score (nSPS) is 9.53. The third-order valence-corrected chi connectivity index (χ3v) is 1.74. The first-order valence-electron chi connectivity index (χ1n) is 4.27. The number of benzene rings is 1. The molecule has 0 unspecified atom stereocenters. The predicted octanol–water partition coefficient (Wildman–Crippen LogP) is 1.52. The SMILES string of the molecule is N#Cc1cccc(OCc2ncon2)c1. The van der Waals surface area contributed by atoms with Crippen LogP contribution in [0.25, 0.3) is 0 Å². The van der Waals surface area contributed by atoms with Gasteiger partial charge in [-0.15, -0.1) is 0 Å². The van der Waals surface area contributed by atoms with Crippen LogP contribution in [0.15, 0.2) is 35.2 Å². The first kappa shape index (κ1) is 9.21. The van der Waals surface area contributed by atoms with E-state index in [9.17, 15) is 0 Å². The summed E-state index contributed by atoms with van der Waals surface area (Å²) in [5.41, 5.74) is 0.556. The lowest BCUT2D eigenvalue weighted by molar-refractivity contribution is 0.286. The van der Waals surface area contributed by atoms with Gasteiger partial charge < -0.3 is 9.26 Å². The highest BCUT2D eigenvalue weighted by atomic mass is 16.5. The van der Waals surface area contributed by atoms with E-state index in [0.717, 1.165) is 0 Å². The Morgan fingerprint density at radius 2 is 2.40 bits per heavy atom. The standard InChI is InChI=1S/C10H7N3O2/c11-5-8-2-1-3-9(4-8)14-6-10-12-7-15-13-10/h1-4,7H,6H2. The Labute approximate surface area is 85.9 Å². The molecular weight excluding hydrogens is 194 g/mol. The number of nitrogens with zero attached hydrogens (tertiary/aromatic N) is 3. The average Bonchev–Trinajstić information content (AvgIpc) is 2.79. The Balaban J connectivity index is 2.02. The minimum Gasteiger partial charge on any atom is -0.485 e. The maximum absolute atomic E-state index is 8.67. The largest absolute Gasteiger partial charge is 0.485 e. The van der Waals surface area contributed by atoms with Crippen LogP contribution in [0.2, 0.25) is 0 Å². The molecule has 0 aliphatic rings. The monoisotopic (exact) mass is 201 g/mol. The molecule has 2 aromatic rings. The molecule has 0 saturated carbocycles. The summed E-state index contributed by atoms with van der Waals surface area (Å²) in [6.07, 6.45) is 1.24. The van der Waals surface area contributed by atoms with Crippen LogP contribution in [0.1, 0.15) is 11.4 Å². The van der Waals surface area contributed by atoms with Crippen molar-refractivity contribution in [2.45, 2.75) is 6.61 Å². The molecule has 1 aromatic heterocycles. The Morgan fingerprint density at radius 3 is 3.13 bits per heavy atom. The van der Waals surface area contributed by atoms with Crippen molar-refractivity contribution < 1.29 is 9.26 Å². The number of hydrogen-bond acceptors (Lipinski definition) is 5. The molecule has 0 saturated heterocycles. The molecule has 5 heteroatoms. The molecule has 5 nitrogen and oxygen atoms in total. The first-order chi connectivity index (χ1) is 7.38. The highest BCUT2D eigenvalue weighted by Crippen LogP contribution is 2.13. The van der Waals surface area contributed by atoms with Gasteiger partial charge in [0.05, 0.1) is 11.6 Å². The van der Waals surface area contributed by atoms with Crippen molar-refractivity contribution in [2.24, 2.45) is 0 Å². The Bertz CT molecular complexity index is 474. The van der Waals surface area contributed by atoms with E-state index in [0.29, 0.717) is 17.1 Å². The van der Waals surface area contributed by atoms with Gasteiger partial charge in [-0.3, -0.25) is 0 Å². The fourth-order valence-corrected chi connectivity index (χ4v) is 1.06. The van der Waals surface area contributed by atoms with Crippen LogP contribution in [0.3, 0.4) is 0 Å².